The fraction of sp³-hybridized carbons (Fsp3) is 0.245. The van der Waals surface area contributed by atoms with E-state index in [9.17, 15) is 0 Å². The molecule has 0 amide bonds. The van der Waals surface area contributed by atoms with Crippen molar-refractivity contribution in [2.75, 3.05) is 0 Å². The molecule has 9 heteroatoms. The van der Waals surface area contributed by atoms with E-state index < -0.39 is 22.3 Å². The summed E-state index contributed by atoms with van der Waals surface area (Å²) in [4.78, 5) is 0. The standard InChI is InChI=1S/C53H52N4O3P2/c1-33-25-43-51(49(27-33)59-61(54-29-35(3)39-17-9-13-21-45(39)54)55-30-36(4)40-18-10-14-22-46(40)55)58-52-44(53(43,7)8)26-34(2)28-50(52)60-62(56-31-37(5)41-19-11-15-23-47(41)56)57-32-38(6)42-20-12-16-24-48(42)57/h9-11,13-19,21-32,39,45H,12,20H2,1-8H3. The molecule has 4 unspecified atom stereocenters. The highest BCUT2D eigenvalue weighted by Gasteiger charge is 2.42. The van der Waals surface area contributed by atoms with E-state index in [1.807, 2.05) is 0 Å². The molecule has 11 rings (SSSR count). The van der Waals surface area contributed by atoms with Gasteiger partial charge in [0.2, 0.25) is 0 Å². The van der Waals surface area contributed by atoms with Crippen molar-refractivity contribution in [3.63, 3.8) is 0 Å². The van der Waals surface area contributed by atoms with Gasteiger partial charge in [0.15, 0.2) is 23.0 Å². The van der Waals surface area contributed by atoms with Crippen LogP contribution in [0.15, 0.2) is 134 Å². The second-order valence-corrected chi connectivity index (χ2v) is 21.2. The van der Waals surface area contributed by atoms with Crippen LogP contribution in [-0.4, -0.2) is 23.7 Å². The summed E-state index contributed by atoms with van der Waals surface area (Å²) < 4.78 is 32.0. The van der Waals surface area contributed by atoms with Crippen LogP contribution in [0.1, 0.15) is 77.4 Å². The summed E-state index contributed by atoms with van der Waals surface area (Å²) in [6.07, 6.45) is 24.7. The fourth-order valence-corrected chi connectivity index (χ4v) is 14.1. The number of aromatic nitrogens is 3. The van der Waals surface area contributed by atoms with Crippen molar-refractivity contribution in [2.24, 2.45) is 5.92 Å². The molecule has 0 fully saturated rings. The summed E-state index contributed by atoms with van der Waals surface area (Å²) in [7, 11) is -2.92. The highest BCUT2D eigenvalue weighted by molar-refractivity contribution is 7.50. The lowest BCUT2D eigenvalue weighted by Crippen LogP contribution is -2.30. The Kier molecular flexibility index (Phi) is 9.27. The van der Waals surface area contributed by atoms with E-state index in [0.29, 0.717) is 0 Å². The third kappa shape index (κ3) is 6.15. The van der Waals surface area contributed by atoms with Gasteiger partial charge in [0, 0.05) is 58.0 Å². The van der Waals surface area contributed by atoms with Gasteiger partial charge in [0.1, 0.15) is 0 Å². The van der Waals surface area contributed by atoms with Crippen molar-refractivity contribution < 1.29 is 13.8 Å². The van der Waals surface area contributed by atoms with Gasteiger partial charge in [-0.05, 0) is 124 Å². The van der Waals surface area contributed by atoms with Crippen LogP contribution in [0.25, 0.3) is 27.9 Å². The first-order valence-corrected chi connectivity index (χ1v) is 24.1. The molecule has 4 atom stereocenters. The molecule has 2 aliphatic heterocycles. The Bertz CT molecular complexity index is 3100. The van der Waals surface area contributed by atoms with Crippen LogP contribution in [0.5, 0.6) is 23.0 Å². The van der Waals surface area contributed by atoms with E-state index in [4.69, 9.17) is 13.8 Å². The molecule has 7 aromatic rings. The normalized spacial score (nSPS) is 19.2. The first-order chi connectivity index (χ1) is 30.0. The van der Waals surface area contributed by atoms with E-state index >= 15 is 0 Å². The number of fused-ring (bicyclic) bond motifs is 6. The summed E-state index contributed by atoms with van der Waals surface area (Å²) in [6, 6.07) is 26.3. The zero-order chi connectivity index (χ0) is 42.6. The molecule has 2 aliphatic carbocycles. The van der Waals surface area contributed by atoms with E-state index in [1.165, 1.54) is 44.3 Å². The number of aryl methyl sites for hydroxylation is 5. The number of hydrogen-bond acceptors (Lipinski definition) is 4. The van der Waals surface area contributed by atoms with Crippen molar-refractivity contribution >= 4 is 44.8 Å². The average molecular weight is 855 g/mol. The topological polar surface area (TPSA) is 45.7 Å². The largest absolute Gasteiger partial charge is 0.449 e. The van der Waals surface area contributed by atoms with Crippen molar-refractivity contribution in [3.8, 4) is 23.0 Å². The number of allylic oxidation sites excluding steroid dienone is 3. The smallest absolute Gasteiger partial charge is 0.318 e. The number of rotatable bonds is 8. The molecule has 0 saturated carbocycles. The third-order valence-electron chi connectivity index (χ3n) is 13.3. The van der Waals surface area contributed by atoms with Crippen molar-refractivity contribution in [1.29, 1.82) is 0 Å². The minimum Gasteiger partial charge on any atom is -0.449 e. The molecule has 3 aromatic heterocycles. The van der Waals surface area contributed by atoms with Gasteiger partial charge in [0.25, 0.3) is 0 Å². The monoisotopic (exact) mass is 854 g/mol. The minimum atomic E-state index is -1.47. The Morgan fingerprint density at radius 3 is 1.87 bits per heavy atom. The SMILES string of the molecule is CC1=CN(P(Oc2cc(C)cc3c2Oc2c(OP(n4cc(C)c5c4C=CCC5)n4cc(C)c5ccccc54)cc(C)cc2C3(C)C)n2cc(C)c3ccccc32)C2C=CC=CC12. The van der Waals surface area contributed by atoms with Crippen LogP contribution < -0.4 is 13.8 Å². The number of ether oxygens (including phenoxy) is 1. The first-order valence-electron chi connectivity index (χ1n) is 21.7. The fourth-order valence-electron chi connectivity index (χ4n) is 10.1. The van der Waals surface area contributed by atoms with Gasteiger partial charge < -0.3 is 18.5 Å². The summed E-state index contributed by atoms with van der Waals surface area (Å²) in [5.74, 6) is 3.21. The molecule has 62 heavy (non-hydrogen) atoms. The van der Waals surface area contributed by atoms with E-state index in [2.05, 4.69) is 207 Å². The molecule has 5 heterocycles. The van der Waals surface area contributed by atoms with Crippen molar-refractivity contribution in [3.05, 3.63) is 184 Å². The van der Waals surface area contributed by atoms with Gasteiger partial charge in [-0.2, -0.15) is 0 Å². The van der Waals surface area contributed by atoms with Gasteiger partial charge in [-0.15, -0.1) is 0 Å². The average Bonchev–Trinajstić information content (AvgIpc) is 4.00. The van der Waals surface area contributed by atoms with Crippen LogP contribution in [0.4, 0.5) is 0 Å². The van der Waals surface area contributed by atoms with Crippen molar-refractivity contribution in [2.45, 2.75) is 79.7 Å². The number of para-hydroxylation sites is 2. The Morgan fingerprint density at radius 2 is 1.23 bits per heavy atom. The maximum absolute atomic E-state index is 7.56. The summed E-state index contributed by atoms with van der Waals surface area (Å²) >= 11 is 0. The van der Waals surface area contributed by atoms with Gasteiger partial charge >= 0.3 is 16.9 Å². The highest BCUT2D eigenvalue weighted by Crippen LogP contribution is 2.61. The molecule has 0 spiro atoms. The summed E-state index contributed by atoms with van der Waals surface area (Å²) in [5.41, 5.74) is 14.0. The second kappa shape index (κ2) is 14.7. The number of hydrogen-bond donors (Lipinski definition) is 0. The lowest BCUT2D eigenvalue weighted by Gasteiger charge is -2.38. The lowest BCUT2D eigenvalue weighted by molar-refractivity contribution is 0.377. The zero-order valence-corrected chi connectivity index (χ0v) is 38.5. The maximum Gasteiger partial charge on any atom is 0.318 e. The number of benzene rings is 4. The molecular formula is C53H52N4O3P2. The van der Waals surface area contributed by atoms with E-state index in [0.717, 1.165) is 69.1 Å². The summed E-state index contributed by atoms with van der Waals surface area (Å²) in [5, 5.41) is 2.45. The van der Waals surface area contributed by atoms with Crippen LogP contribution in [0, 0.1) is 40.5 Å². The maximum atomic E-state index is 7.56. The van der Waals surface area contributed by atoms with Crippen LogP contribution in [0.2, 0.25) is 0 Å². The van der Waals surface area contributed by atoms with Gasteiger partial charge in [-0.1, -0.05) is 92.8 Å². The first kappa shape index (κ1) is 39.1. The Balaban J connectivity index is 1.06. The van der Waals surface area contributed by atoms with Gasteiger partial charge in [-0.25, -0.2) is 0 Å². The molecule has 0 bridgehead atoms. The van der Waals surface area contributed by atoms with Crippen LogP contribution in [0.3, 0.4) is 0 Å². The molecule has 0 saturated heterocycles. The van der Waals surface area contributed by atoms with Crippen molar-refractivity contribution in [1.82, 2.24) is 17.7 Å². The lowest BCUT2D eigenvalue weighted by atomic mass is 9.74. The Hall–Kier alpha value is -5.74. The number of nitrogens with zero attached hydrogens (tertiary/aromatic N) is 4. The molecule has 4 aliphatic rings. The van der Waals surface area contributed by atoms with E-state index in [-0.39, 0.29) is 12.0 Å². The van der Waals surface area contributed by atoms with Gasteiger partial charge in [-0.3, -0.25) is 13.0 Å². The predicted octanol–water partition coefficient (Wildman–Crippen LogP) is 14.5. The quantitative estimate of drug-likeness (QED) is 0.143. The Morgan fingerprint density at radius 1 is 0.661 bits per heavy atom. The molecule has 0 N–H and O–H groups in total. The van der Waals surface area contributed by atoms with E-state index in [1.54, 1.807) is 0 Å². The zero-order valence-electron chi connectivity index (χ0n) is 36.7. The van der Waals surface area contributed by atoms with Crippen LogP contribution >= 0.6 is 16.9 Å². The third-order valence-corrected chi connectivity index (χ3v) is 16.9. The van der Waals surface area contributed by atoms with Crippen LogP contribution in [-0.2, 0) is 11.8 Å². The van der Waals surface area contributed by atoms with Gasteiger partial charge in [0.05, 0.1) is 22.8 Å². The second-order valence-electron chi connectivity index (χ2n) is 18.0. The highest BCUT2D eigenvalue weighted by atomic mass is 31.2. The molecule has 0 radical (unpaired) electrons. The molecular weight excluding hydrogens is 803 g/mol. The minimum absolute atomic E-state index is 0.139. The molecule has 312 valence electrons. The molecule has 7 nitrogen and oxygen atoms in total. The summed E-state index contributed by atoms with van der Waals surface area (Å²) in [6.45, 7) is 17.8. The Labute approximate surface area is 367 Å². The predicted molar refractivity (Wildman–Crippen MR) is 257 cm³/mol. The molecule has 4 aromatic carbocycles.